The first-order valence-electron chi connectivity index (χ1n) is 4.36. The summed E-state index contributed by atoms with van der Waals surface area (Å²) < 4.78 is 18.1. The molecule has 1 radical (unpaired) electrons. The highest BCUT2D eigenvalue weighted by Crippen LogP contribution is 2.18. The molecule has 13 heavy (non-hydrogen) atoms. The van der Waals surface area contributed by atoms with Gasteiger partial charge in [0.05, 0.1) is 12.7 Å². The van der Waals surface area contributed by atoms with E-state index in [1.807, 2.05) is 0 Å². The average molecular weight is 180 g/mol. The van der Waals surface area contributed by atoms with Crippen LogP contribution in [0.3, 0.4) is 0 Å². The van der Waals surface area contributed by atoms with Crippen molar-refractivity contribution >= 4 is 0 Å². The van der Waals surface area contributed by atoms with Gasteiger partial charge in [-0.15, -0.1) is 0 Å². The third-order valence-corrected chi connectivity index (χ3v) is 2.11. The maximum atomic E-state index is 12.6. The summed E-state index contributed by atoms with van der Waals surface area (Å²) in [6, 6.07) is 6.41. The Morgan fingerprint density at radius 2 is 2.08 bits per heavy atom. The highest BCUT2D eigenvalue weighted by Gasteiger charge is 2.15. The lowest BCUT2D eigenvalue weighted by molar-refractivity contribution is 0.0260. The minimum atomic E-state index is -0.212. The third-order valence-electron chi connectivity index (χ3n) is 2.11. The van der Waals surface area contributed by atoms with Gasteiger partial charge in [-0.25, -0.2) is 9.71 Å². The van der Waals surface area contributed by atoms with Gasteiger partial charge in [0.25, 0.3) is 0 Å². The number of rotatable bonds is 1. The zero-order valence-electron chi connectivity index (χ0n) is 7.24. The minimum Gasteiger partial charge on any atom is -0.371 e. The highest BCUT2D eigenvalue weighted by molar-refractivity contribution is 5.19. The predicted octanol–water partition coefficient (Wildman–Crippen LogP) is 1.50. The van der Waals surface area contributed by atoms with E-state index in [9.17, 15) is 4.39 Å². The van der Waals surface area contributed by atoms with E-state index in [2.05, 4.69) is 5.32 Å². The molecule has 1 heterocycles. The van der Waals surface area contributed by atoms with Crippen molar-refractivity contribution in [2.24, 2.45) is 0 Å². The van der Waals surface area contributed by atoms with Crippen molar-refractivity contribution in [1.82, 2.24) is 5.32 Å². The summed E-state index contributed by atoms with van der Waals surface area (Å²) in [5.74, 6) is -0.212. The van der Waals surface area contributed by atoms with E-state index in [0.29, 0.717) is 13.2 Å². The molecule has 1 aliphatic rings. The van der Waals surface area contributed by atoms with Crippen molar-refractivity contribution < 1.29 is 9.13 Å². The SMILES string of the molecule is Fc1ccc([C@H]2C[N]CCO2)cc1. The van der Waals surface area contributed by atoms with Crippen molar-refractivity contribution in [2.45, 2.75) is 6.10 Å². The van der Waals surface area contributed by atoms with E-state index in [-0.39, 0.29) is 11.9 Å². The molecule has 0 saturated carbocycles. The number of hydrogen-bond donors (Lipinski definition) is 0. The number of benzene rings is 1. The standard InChI is InChI=1S/C10H11FNO/c11-9-3-1-8(2-4-9)10-7-12-5-6-13-10/h1-4,10H,5-7H2/t10-/m1/s1. The molecule has 1 saturated heterocycles. The van der Waals surface area contributed by atoms with Gasteiger partial charge in [-0.3, -0.25) is 0 Å². The summed E-state index contributed by atoms with van der Waals surface area (Å²) in [5, 5.41) is 4.24. The van der Waals surface area contributed by atoms with Crippen LogP contribution in [-0.4, -0.2) is 19.7 Å². The van der Waals surface area contributed by atoms with Gasteiger partial charge in [0.15, 0.2) is 0 Å². The zero-order chi connectivity index (χ0) is 9.10. The van der Waals surface area contributed by atoms with Crippen LogP contribution in [0.1, 0.15) is 11.7 Å². The second-order valence-corrected chi connectivity index (χ2v) is 3.04. The largest absolute Gasteiger partial charge is 0.371 e. The van der Waals surface area contributed by atoms with Crippen molar-refractivity contribution in [3.8, 4) is 0 Å². The second kappa shape index (κ2) is 3.85. The Bertz CT molecular complexity index is 267. The van der Waals surface area contributed by atoms with Gasteiger partial charge in [-0.1, -0.05) is 12.1 Å². The molecule has 69 valence electrons. The Morgan fingerprint density at radius 3 is 2.69 bits per heavy atom. The van der Waals surface area contributed by atoms with Crippen LogP contribution in [0.4, 0.5) is 4.39 Å². The molecule has 0 aromatic heterocycles. The summed E-state index contributed by atoms with van der Waals surface area (Å²) in [7, 11) is 0. The summed E-state index contributed by atoms with van der Waals surface area (Å²) in [5.41, 5.74) is 1.00. The van der Waals surface area contributed by atoms with Crippen molar-refractivity contribution in [3.63, 3.8) is 0 Å². The molecule has 2 nitrogen and oxygen atoms in total. The molecular weight excluding hydrogens is 169 g/mol. The van der Waals surface area contributed by atoms with Gasteiger partial charge in [0.2, 0.25) is 0 Å². The van der Waals surface area contributed by atoms with E-state index in [1.54, 1.807) is 12.1 Å². The first-order chi connectivity index (χ1) is 6.36. The van der Waals surface area contributed by atoms with E-state index < -0.39 is 0 Å². The van der Waals surface area contributed by atoms with Crippen LogP contribution in [0.25, 0.3) is 0 Å². The first-order valence-corrected chi connectivity index (χ1v) is 4.36. The Hall–Kier alpha value is -0.930. The molecule has 1 atom stereocenters. The van der Waals surface area contributed by atoms with Crippen LogP contribution >= 0.6 is 0 Å². The van der Waals surface area contributed by atoms with Crippen LogP contribution in [0.15, 0.2) is 24.3 Å². The normalized spacial score (nSPS) is 23.0. The van der Waals surface area contributed by atoms with Crippen LogP contribution < -0.4 is 5.32 Å². The van der Waals surface area contributed by atoms with Gasteiger partial charge in [0.1, 0.15) is 5.82 Å². The summed E-state index contributed by atoms with van der Waals surface area (Å²) >= 11 is 0. The van der Waals surface area contributed by atoms with Crippen LogP contribution in [0, 0.1) is 5.82 Å². The second-order valence-electron chi connectivity index (χ2n) is 3.04. The van der Waals surface area contributed by atoms with Gasteiger partial charge >= 0.3 is 0 Å². The van der Waals surface area contributed by atoms with Crippen LogP contribution in [0.5, 0.6) is 0 Å². The fourth-order valence-corrected chi connectivity index (χ4v) is 1.40. The Morgan fingerprint density at radius 1 is 1.31 bits per heavy atom. The maximum Gasteiger partial charge on any atom is 0.123 e. The molecule has 0 bridgehead atoms. The molecule has 3 heteroatoms. The molecule has 0 spiro atoms. The van der Waals surface area contributed by atoms with Crippen molar-refractivity contribution in [3.05, 3.63) is 35.6 Å². The molecular formula is C10H11FNO. The smallest absolute Gasteiger partial charge is 0.123 e. The molecule has 1 aromatic rings. The topological polar surface area (TPSA) is 23.3 Å². The average Bonchev–Trinajstić information content (AvgIpc) is 2.20. The van der Waals surface area contributed by atoms with E-state index in [1.165, 1.54) is 12.1 Å². The van der Waals surface area contributed by atoms with Crippen LogP contribution in [0.2, 0.25) is 0 Å². The maximum absolute atomic E-state index is 12.6. The molecule has 0 amide bonds. The number of hydrogen-bond acceptors (Lipinski definition) is 1. The summed E-state index contributed by atoms with van der Waals surface area (Å²) in [4.78, 5) is 0. The van der Waals surface area contributed by atoms with Gasteiger partial charge in [-0.05, 0) is 17.7 Å². The summed E-state index contributed by atoms with van der Waals surface area (Å²) in [6.07, 6.45) is 0.0225. The lowest BCUT2D eigenvalue weighted by Crippen LogP contribution is -2.28. The Balaban J connectivity index is 2.10. The lowest BCUT2D eigenvalue weighted by atomic mass is 10.1. The molecule has 2 rings (SSSR count). The van der Waals surface area contributed by atoms with Gasteiger partial charge in [-0.2, -0.15) is 0 Å². The Kier molecular flexibility index (Phi) is 2.57. The zero-order valence-corrected chi connectivity index (χ0v) is 7.24. The van der Waals surface area contributed by atoms with Crippen LogP contribution in [-0.2, 0) is 4.74 Å². The van der Waals surface area contributed by atoms with Gasteiger partial charge in [0, 0.05) is 13.1 Å². The lowest BCUT2D eigenvalue weighted by Gasteiger charge is -2.22. The van der Waals surface area contributed by atoms with E-state index in [0.717, 1.165) is 12.1 Å². The predicted molar refractivity (Wildman–Crippen MR) is 47.0 cm³/mol. The summed E-state index contributed by atoms with van der Waals surface area (Å²) in [6.45, 7) is 2.13. The molecule has 0 aliphatic carbocycles. The number of halogens is 1. The molecule has 1 aromatic carbocycles. The third kappa shape index (κ3) is 2.05. The van der Waals surface area contributed by atoms with Gasteiger partial charge < -0.3 is 4.74 Å². The van der Waals surface area contributed by atoms with E-state index in [4.69, 9.17) is 4.74 Å². The number of morpholine rings is 1. The number of ether oxygens (including phenoxy) is 1. The fourth-order valence-electron chi connectivity index (χ4n) is 1.40. The fraction of sp³-hybridized carbons (Fsp3) is 0.400. The Labute approximate surface area is 76.7 Å². The quantitative estimate of drug-likeness (QED) is 0.642. The van der Waals surface area contributed by atoms with Crippen molar-refractivity contribution in [1.29, 1.82) is 0 Å². The molecule has 0 N–H and O–H groups in total. The molecule has 0 unspecified atom stereocenters. The molecule has 1 fully saturated rings. The number of nitrogens with zero attached hydrogens (tertiary/aromatic N) is 1. The molecule has 1 aliphatic heterocycles. The van der Waals surface area contributed by atoms with Crippen molar-refractivity contribution in [2.75, 3.05) is 19.7 Å². The monoisotopic (exact) mass is 180 g/mol. The van der Waals surface area contributed by atoms with E-state index >= 15 is 0 Å². The highest BCUT2D eigenvalue weighted by atomic mass is 19.1. The first kappa shape index (κ1) is 8.66. The minimum absolute atomic E-state index is 0.0225.